The van der Waals surface area contributed by atoms with E-state index in [9.17, 15) is 18.4 Å². The second-order valence-corrected chi connectivity index (χ2v) is 4.16. The van der Waals surface area contributed by atoms with Crippen LogP contribution < -0.4 is 5.32 Å². The summed E-state index contributed by atoms with van der Waals surface area (Å²) in [5.74, 6) is -1.52. The summed E-state index contributed by atoms with van der Waals surface area (Å²) < 4.78 is 28.7. The number of ether oxygens (including phenoxy) is 1. The average molecular weight is 239 g/mol. The Bertz CT molecular complexity index is 263. The van der Waals surface area contributed by atoms with Crippen molar-refractivity contribution < 1.29 is 28.2 Å². The largest absolute Gasteiger partial charge is 0.480 e. The van der Waals surface area contributed by atoms with Crippen LogP contribution in [0.4, 0.5) is 13.6 Å². The Morgan fingerprint density at radius 1 is 1.38 bits per heavy atom. The number of alkyl halides is 2. The third kappa shape index (κ3) is 6.97. The lowest BCUT2D eigenvalue weighted by molar-refractivity contribution is -0.140. The molecular formula is C9H15F2NO4. The van der Waals surface area contributed by atoms with Gasteiger partial charge in [-0.3, -0.25) is 0 Å². The number of hydrogen-bond donors (Lipinski definition) is 2. The quantitative estimate of drug-likeness (QED) is 0.781. The zero-order valence-corrected chi connectivity index (χ0v) is 9.29. The van der Waals surface area contributed by atoms with Crippen LogP contribution in [0.5, 0.6) is 0 Å². The lowest BCUT2D eigenvalue weighted by atomic mass is 10.2. The first kappa shape index (κ1) is 14.6. The van der Waals surface area contributed by atoms with Crippen LogP contribution in [0.2, 0.25) is 0 Å². The number of carbonyl (C=O) groups is 2. The van der Waals surface area contributed by atoms with Crippen molar-refractivity contribution in [3.8, 4) is 0 Å². The molecule has 0 aromatic rings. The average Bonchev–Trinajstić information content (AvgIpc) is 1.97. The topological polar surface area (TPSA) is 75.6 Å². The second-order valence-electron chi connectivity index (χ2n) is 4.16. The van der Waals surface area contributed by atoms with Crippen LogP contribution in [0.3, 0.4) is 0 Å². The van der Waals surface area contributed by atoms with Gasteiger partial charge in [-0.2, -0.15) is 0 Å². The molecule has 0 bridgehead atoms. The summed E-state index contributed by atoms with van der Waals surface area (Å²) in [6, 6.07) is -1.64. The summed E-state index contributed by atoms with van der Waals surface area (Å²) in [5, 5.41) is 10.4. The predicted molar refractivity (Wildman–Crippen MR) is 51.4 cm³/mol. The van der Waals surface area contributed by atoms with E-state index in [1.165, 1.54) is 0 Å². The van der Waals surface area contributed by atoms with Gasteiger partial charge in [-0.15, -0.1) is 0 Å². The molecule has 0 spiro atoms. The normalized spacial score (nSPS) is 13.4. The lowest BCUT2D eigenvalue weighted by Crippen LogP contribution is -2.44. The van der Waals surface area contributed by atoms with E-state index < -0.39 is 36.6 Å². The number of halogens is 2. The van der Waals surface area contributed by atoms with Crippen molar-refractivity contribution in [3.63, 3.8) is 0 Å². The molecule has 7 heteroatoms. The summed E-state index contributed by atoms with van der Waals surface area (Å²) in [6.07, 6.45) is -4.79. The predicted octanol–water partition coefficient (Wildman–Crippen LogP) is 1.62. The Morgan fingerprint density at radius 3 is 2.19 bits per heavy atom. The van der Waals surface area contributed by atoms with Gasteiger partial charge in [0, 0.05) is 6.42 Å². The molecule has 5 nitrogen and oxygen atoms in total. The van der Waals surface area contributed by atoms with Crippen LogP contribution in [0.1, 0.15) is 27.2 Å². The van der Waals surface area contributed by atoms with Gasteiger partial charge in [0.15, 0.2) is 0 Å². The molecule has 16 heavy (non-hydrogen) atoms. The molecule has 0 rings (SSSR count). The van der Waals surface area contributed by atoms with E-state index in [1.54, 1.807) is 20.8 Å². The monoisotopic (exact) mass is 239 g/mol. The summed E-state index contributed by atoms with van der Waals surface area (Å²) in [7, 11) is 0. The maximum Gasteiger partial charge on any atom is 0.408 e. The molecule has 0 heterocycles. The molecule has 0 aliphatic rings. The molecule has 1 amide bonds. The minimum absolute atomic E-state index is 0.808. The number of alkyl carbamates (subject to hydrolysis) is 1. The maximum atomic E-state index is 12.0. The van der Waals surface area contributed by atoms with Crippen molar-refractivity contribution in [2.45, 2.75) is 45.3 Å². The zero-order valence-electron chi connectivity index (χ0n) is 9.29. The first-order chi connectivity index (χ1) is 7.11. The van der Waals surface area contributed by atoms with E-state index >= 15 is 0 Å². The number of carboxylic acids is 1. The molecule has 1 atom stereocenters. The van der Waals surface area contributed by atoms with Crippen LogP contribution in [-0.4, -0.2) is 35.2 Å². The van der Waals surface area contributed by atoms with E-state index in [0.717, 1.165) is 0 Å². The molecule has 0 aromatic heterocycles. The van der Waals surface area contributed by atoms with Gasteiger partial charge in [0.1, 0.15) is 11.6 Å². The smallest absolute Gasteiger partial charge is 0.408 e. The second kappa shape index (κ2) is 5.62. The SMILES string of the molecule is CC(C)(C)OC(=O)N[C@@H](CC(F)F)C(=O)O. The number of rotatable bonds is 4. The van der Waals surface area contributed by atoms with E-state index in [0.29, 0.717) is 0 Å². The Kier molecular flexibility index (Phi) is 5.13. The Hall–Kier alpha value is -1.40. The van der Waals surface area contributed by atoms with Gasteiger partial charge in [0.25, 0.3) is 0 Å². The lowest BCUT2D eigenvalue weighted by Gasteiger charge is -2.21. The van der Waals surface area contributed by atoms with Gasteiger partial charge < -0.3 is 15.2 Å². The molecule has 0 saturated carbocycles. The van der Waals surface area contributed by atoms with Crippen molar-refractivity contribution >= 4 is 12.1 Å². The van der Waals surface area contributed by atoms with E-state index in [4.69, 9.17) is 9.84 Å². The molecule has 0 aliphatic carbocycles. The van der Waals surface area contributed by atoms with Gasteiger partial charge in [-0.1, -0.05) is 0 Å². The van der Waals surface area contributed by atoms with Crippen LogP contribution >= 0.6 is 0 Å². The molecule has 94 valence electrons. The highest BCUT2D eigenvalue weighted by atomic mass is 19.3. The van der Waals surface area contributed by atoms with Crippen LogP contribution in [0.15, 0.2) is 0 Å². The number of carboxylic acid groups (broad SMARTS) is 1. The Morgan fingerprint density at radius 2 is 1.88 bits per heavy atom. The standard InChI is InChI=1S/C9H15F2NO4/c1-9(2,3)16-8(15)12-5(7(13)14)4-6(10)11/h5-6H,4H2,1-3H3,(H,12,15)(H,13,14)/t5-/m0/s1. The van der Waals surface area contributed by atoms with Crippen molar-refractivity contribution in [1.82, 2.24) is 5.32 Å². The van der Waals surface area contributed by atoms with Gasteiger partial charge in [0.05, 0.1) is 0 Å². The molecule has 0 aromatic carbocycles. The number of aliphatic carboxylic acids is 1. The number of carbonyl (C=O) groups excluding carboxylic acids is 1. The third-order valence-electron chi connectivity index (χ3n) is 1.40. The van der Waals surface area contributed by atoms with Crippen molar-refractivity contribution in [2.24, 2.45) is 0 Å². The number of nitrogens with one attached hydrogen (secondary N) is 1. The van der Waals surface area contributed by atoms with Crippen LogP contribution in [-0.2, 0) is 9.53 Å². The minimum Gasteiger partial charge on any atom is -0.480 e. The number of hydrogen-bond acceptors (Lipinski definition) is 3. The van der Waals surface area contributed by atoms with Gasteiger partial charge >= 0.3 is 12.1 Å². The maximum absolute atomic E-state index is 12.0. The molecule has 0 aliphatic heterocycles. The molecule has 0 unspecified atom stereocenters. The zero-order chi connectivity index (χ0) is 12.9. The van der Waals surface area contributed by atoms with Crippen LogP contribution in [0.25, 0.3) is 0 Å². The van der Waals surface area contributed by atoms with Gasteiger partial charge in [-0.25, -0.2) is 18.4 Å². The Labute approximate surface area is 91.8 Å². The summed E-state index contributed by atoms with van der Waals surface area (Å²) >= 11 is 0. The highest BCUT2D eigenvalue weighted by Crippen LogP contribution is 2.09. The van der Waals surface area contributed by atoms with E-state index in [2.05, 4.69) is 0 Å². The van der Waals surface area contributed by atoms with Gasteiger partial charge in [-0.05, 0) is 20.8 Å². The fraction of sp³-hybridized carbons (Fsp3) is 0.778. The van der Waals surface area contributed by atoms with Crippen molar-refractivity contribution in [1.29, 1.82) is 0 Å². The first-order valence-corrected chi connectivity index (χ1v) is 4.62. The fourth-order valence-corrected chi connectivity index (χ4v) is 0.849. The first-order valence-electron chi connectivity index (χ1n) is 4.62. The Balaban J connectivity index is 4.30. The van der Waals surface area contributed by atoms with Crippen molar-refractivity contribution in [3.05, 3.63) is 0 Å². The highest BCUT2D eigenvalue weighted by Gasteiger charge is 2.26. The summed E-state index contributed by atoms with van der Waals surface area (Å²) in [6.45, 7) is 4.74. The van der Waals surface area contributed by atoms with Crippen LogP contribution in [0, 0.1) is 0 Å². The third-order valence-corrected chi connectivity index (χ3v) is 1.40. The molecule has 2 N–H and O–H groups in total. The molecule has 0 radical (unpaired) electrons. The summed E-state index contributed by atoms with van der Waals surface area (Å²) in [5.41, 5.74) is -0.808. The van der Waals surface area contributed by atoms with E-state index in [-0.39, 0.29) is 0 Å². The summed E-state index contributed by atoms with van der Waals surface area (Å²) in [4.78, 5) is 21.6. The van der Waals surface area contributed by atoms with Gasteiger partial charge in [0.2, 0.25) is 6.43 Å². The molecular weight excluding hydrogens is 224 g/mol. The number of amides is 1. The molecule has 0 fully saturated rings. The molecule has 0 saturated heterocycles. The van der Waals surface area contributed by atoms with E-state index in [1.807, 2.05) is 5.32 Å². The highest BCUT2D eigenvalue weighted by molar-refractivity contribution is 5.79. The van der Waals surface area contributed by atoms with Crippen molar-refractivity contribution in [2.75, 3.05) is 0 Å². The fourth-order valence-electron chi connectivity index (χ4n) is 0.849. The minimum atomic E-state index is -2.81.